The molecule has 20 heavy (non-hydrogen) atoms. The number of amides is 1. The Hall–Kier alpha value is -2.30. The SMILES string of the molecule is CCOc1cc(NC(=O)Cc2cnn(C)c2)ccc1C. The summed E-state index contributed by atoms with van der Waals surface area (Å²) in [5, 5.41) is 6.91. The van der Waals surface area contributed by atoms with E-state index in [-0.39, 0.29) is 5.91 Å². The highest BCUT2D eigenvalue weighted by Gasteiger charge is 2.07. The molecule has 0 spiro atoms. The summed E-state index contributed by atoms with van der Waals surface area (Å²) in [5.41, 5.74) is 2.69. The van der Waals surface area contributed by atoms with Gasteiger partial charge in [-0.3, -0.25) is 9.48 Å². The molecule has 0 saturated heterocycles. The summed E-state index contributed by atoms with van der Waals surface area (Å²) in [6.07, 6.45) is 3.84. The largest absolute Gasteiger partial charge is 0.494 e. The first-order valence-electron chi connectivity index (χ1n) is 6.59. The third kappa shape index (κ3) is 3.60. The maximum Gasteiger partial charge on any atom is 0.228 e. The van der Waals surface area contributed by atoms with Crippen molar-refractivity contribution in [3.63, 3.8) is 0 Å². The second-order valence-corrected chi connectivity index (χ2v) is 4.66. The summed E-state index contributed by atoms with van der Waals surface area (Å²) in [5.74, 6) is 0.732. The average molecular weight is 273 g/mol. The number of hydrogen-bond donors (Lipinski definition) is 1. The molecule has 0 atom stereocenters. The Bertz CT molecular complexity index is 605. The lowest BCUT2D eigenvalue weighted by molar-refractivity contribution is -0.115. The van der Waals surface area contributed by atoms with Crippen LogP contribution in [0.5, 0.6) is 5.75 Å². The van der Waals surface area contributed by atoms with Crippen LogP contribution >= 0.6 is 0 Å². The lowest BCUT2D eigenvalue weighted by Gasteiger charge is -2.10. The molecule has 2 rings (SSSR count). The van der Waals surface area contributed by atoms with Crippen LogP contribution in [0.4, 0.5) is 5.69 Å². The first-order valence-corrected chi connectivity index (χ1v) is 6.59. The first kappa shape index (κ1) is 14.1. The van der Waals surface area contributed by atoms with Crippen molar-refractivity contribution in [3.8, 4) is 5.75 Å². The molecule has 106 valence electrons. The van der Waals surface area contributed by atoms with Gasteiger partial charge in [0.25, 0.3) is 0 Å². The Morgan fingerprint density at radius 3 is 2.90 bits per heavy atom. The molecule has 1 aromatic carbocycles. The molecule has 1 amide bonds. The van der Waals surface area contributed by atoms with Gasteiger partial charge in [-0.15, -0.1) is 0 Å². The topological polar surface area (TPSA) is 56.1 Å². The highest BCUT2D eigenvalue weighted by atomic mass is 16.5. The van der Waals surface area contributed by atoms with E-state index in [0.717, 1.165) is 22.6 Å². The Kier molecular flexibility index (Phi) is 4.40. The van der Waals surface area contributed by atoms with Crippen molar-refractivity contribution in [1.82, 2.24) is 9.78 Å². The predicted molar refractivity (Wildman–Crippen MR) is 77.9 cm³/mol. The number of hydrogen-bond acceptors (Lipinski definition) is 3. The number of benzene rings is 1. The van der Waals surface area contributed by atoms with Crippen molar-refractivity contribution in [2.45, 2.75) is 20.3 Å². The van der Waals surface area contributed by atoms with Crippen molar-refractivity contribution in [2.24, 2.45) is 7.05 Å². The molecular weight excluding hydrogens is 254 g/mol. The van der Waals surface area contributed by atoms with Crippen LogP contribution in [-0.4, -0.2) is 22.3 Å². The van der Waals surface area contributed by atoms with E-state index < -0.39 is 0 Å². The summed E-state index contributed by atoms with van der Waals surface area (Å²) >= 11 is 0. The molecule has 0 bridgehead atoms. The van der Waals surface area contributed by atoms with Crippen LogP contribution < -0.4 is 10.1 Å². The maximum absolute atomic E-state index is 12.0. The number of aryl methyl sites for hydroxylation is 2. The van der Waals surface area contributed by atoms with E-state index in [2.05, 4.69) is 10.4 Å². The van der Waals surface area contributed by atoms with Crippen molar-refractivity contribution in [3.05, 3.63) is 41.7 Å². The van der Waals surface area contributed by atoms with Gasteiger partial charge in [-0.1, -0.05) is 6.07 Å². The lowest BCUT2D eigenvalue weighted by Crippen LogP contribution is -2.14. The Balaban J connectivity index is 2.02. The molecule has 1 heterocycles. The molecule has 1 aromatic heterocycles. The molecule has 5 nitrogen and oxygen atoms in total. The first-order chi connectivity index (χ1) is 9.58. The van der Waals surface area contributed by atoms with Crippen LogP contribution in [0.2, 0.25) is 0 Å². The van der Waals surface area contributed by atoms with E-state index >= 15 is 0 Å². The maximum atomic E-state index is 12.0. The van der Waals surface area contributed by atoms with Gasteiger partial charge in [0.2, 0.25) is 5.91 Å². The van der Waals surface area contributed by atoms with Crippen LogP contribution in [0.1, 0.15) is 18.1 Å². The van der Waals surface area contributed by atoms with Crippen LogP contribution in [-0.2, 0) is 18.3 Å². The highest BCUT2D eigenvalue weighted by Crippen LogP contribution is 2.22. The number of carbonyl (C=O) groups is 1. The van der Waals surface area contributed by atoms with Gasteiger partial charge in [-0.05, 0) is 31.0 Å². The van der Waals surface area contributed by atoms with E-state index in [4.69, 9.17) is 4.74 Å². The summed E-state index contributed by atoms with van der Waals surface area (Å²) in [7, 11) is 1.83. The third-order valence-electron chi connectivity index (χ3n) is 2.89. The molecule has 5 heteroatoms. The van der Waals surface area contributed by atoms with Gasteiger partial charge in [0.15, 0.2) is 0 Å². The zero-order chi connectivity index (χ0) is 14.5. The number of aromatic nitrogens is 2. The van der Waals surface area contributed by atoms with Gasteiger partial charge in [0, 0.05) is 25.0 Å². The summed E-state index contributed by atoms with van der Waals surface area (Å²) in [6, 6.07) is 5.66. The number of rotatable bonds is 5. The van der Waals surface area contributed by atoms with Gasteiger partial charge >= 0.3 is 0 Å². The van der Waals surface area contributed by atoms with E-state index in [1.54, 1.807) is 10.9 Å². The van der Waals surface area contributed by atoms with E-state index in [0.29, 0.717) is 13.0 Å². The monoisotopic (exact) mass is 273 g/mol. The zero-order valence-electron chi connectivity index (χ0n) is 12.0. The molecule has 0 saturated carbocycles. The molecule has 0 fully saturated rings. The zero-order valence-corrected chi connectivity index (χ0v) is 12.0. The van der Waals surface area contributed by atoms with Crippen LogP contribution in [0, 0.1) is 6.92 Å². The van der Waals surface area contributed by atoms with Gasteiger partial charge in [0.05, 0.1) is 19.2 Å². The molecule has 0 aliphatic heterocycles. The molecule has 0 unspecified atom stereocenters. The van der Waals surface area contributed by atoms with Crippen LogP contribution in [0.15, 0.2) is 30.6 Å². The van der Waals surface area contributed by atoms with E-state index in [1.165, 1.54) is 0 Å². The molecule has 0 aliphatic rings. The van der Waals surface area contributed by atoms with Crippen molar-refractivity contribution in [2.75, 3.05) is 11.9 Å². The van der Waals surface area contributed by atoms with Crippen molar-refractivity contribution < 1.29 is 9.53 Å². The van der Waals surface area contributed by atoms with Gasteiger partial charge in [0.1, 0.15) is 5.75 Å². The number of nitrogens with one attached hydrogen (secondary N) is 1. The number of anilines is 1. The van der Waals surface area contributed by atoms with E-state index in [1.807, 2.05) is 45.3 Å². The lowest BCUT2D eigenvalue weighted by atomic mass is 10.2. The minimum atomic E-state index is -0.0655. The molecule has 0 aliphatic carbocycles. The minimum absolute atomic E-state index is 0.0655. The predicted octanol–water partition coefficient (Wildman–Crippen LogP) is 2.31. The second kappa shape index (κ2) is 6.23. The van der Waals surface area contributed by atoms with Gasteiger partial charge in [-0.2, -0.15) is 5.10 Å². The smallest absolute Gasteiger partial charge is 0.228 e. The number of nitrogens with zero attached hydrogens (tertiary/aromatic N) is 2. The minimum Gasteiger partial charge on any atom is -0.494 e. The quantitative estimate of drug-likeness (QED) is 0.909. The summed E-state index contributed by atoms with van der Waals surface area (Å²) in [6.45, 7) is 4.52. The number of carbonyl (C=O) groups excluding carboxylic acids is 1. The van der Waals surface area contributed by atoms with Crippen molar-refractivity contribution >= 4 is 11.6 Å². The fourth-order valence-corrected chi connectivity index (χ4v) is 1.94. The molecule has 0 radical (unpaired) electrons. The number of ether oxygens (including phenoxy) is 1. The van der Waals surface area contributed by atoms with Gasteiger partial charge in [-0.25, -0.2) is 0 Å². The summed E-state index contributed by atoms with van der Waals surface area (Å²) in [4.78, 5) is 12.0. The highest BCUT2D eigenvalue weighted by molar-refractivity contribution is 5.92. The third-order valence-corrected chi connectivity index (χ3v) is 2.89. The summed E-state index contributed by atoms with van der Waals surface area (Å²) < 4.78 is 7.20. The fraction of sp³-hybridized carbons (Fsp3) is 0.333. The molecular formula is C15H19N3O2. The average Bonchev–Trinajstić information content (AvgIpc) is 2.79. The molecule has 1 N–H and O–H groups in total. The van der Waals surface area contributed by atoms with Crippen LogP contribution in [0.3, 0.4) is 0 Å². The standard InChI is InChI=1S/C15H19N3O2/c1-4-20-14-8-13(6-5-11(14)2)17-15(19)7-12-9-16-18(3)10-12/h5-6,8-10H,4,7H2,1-3H3,(H,17,19). The normalized spacial score (nSPS) is 10.3. The van der Waals surface area contributed by atoms with Crippen LogP contribution in [0.25, 0.3) is 0 Å². The van der Waals surface area contributed by atoms with Gasteiger partial charge < -0.3 is 10.1 Å². The Morgan fingerprint density at radius 2 is 2.25 bits per heavy atom. The Labute approximate surface area is 118 Å². The van der Waals surface area contributed by atoms with Crippen molar-refractivity contribution in [1.29, 1.82) is 0 Å². The van der Waals surface area contributed by atoms with E-state index in [9.17, 15) is 4.79 Å². The fourth-order valence-electron chi connectivity index (χ4n) is 1.94. The Morgan fingerprint density at radius 1 is 1.45 bits per heavy atom. The second-order valence-electron chi connectivity index (χ2n) is 4.66. The molecule has 2 aromatic rings.